The van der Waals surface area contributed by atoms with Gasteiger partial charge >= 0.3 is 5.97 Å². The Labute approximate surface area is 164 Å². The minimum absolute atomic E-state index is 0.289. The zero-order chi connectivity index (χ0) is 20.1. The Kier molecular flexibility index (Phi) is 5.99. The van der Waals surface area contributed by atoms with E-state index in [0.717, 1.165) is 22.9 Å². The molecule has 3 rings (SSSR count). The van der Waals surface area contributed by atoms with Crippen molar-refractivity contribution in [3.05, 3.63) is 53.7 Å². The minimum Gasteiger partial charge on any atom is -0.497 e. The van der Waals surface area contributed by atoms with Crippen LogP contribution in [0.1, 0.15) is 29.8 Å². The lowest BCUT2D eigenvalue weighted by Gasteiger charge is -2.17. The third kappa shape index (κ3) is 3.71. The van der Waals surface area contributed by atoms with Crippen LogP contribution in [0.25, 0.3) is 10.9 Å². The molecule has 0 amide bonds. The van der Waals surface area contributed by atoms with Crippen LogP contribution in [-0.4, -0.2) is 31.8 Å². The van der Waals surface area contributed by atoms with Crippen LogP contribution in [0.15, 0.2) is 42.6 Å². The van der Waals surface area contributed by atoms with Gasteiger partial charge in [0.2, 0.25) is 0 Å². The fourth-order valence-electron chi connectivity index (χ4n) is 3.10. The molecule has 0 radical (unpaired) electrons. The van der Waals surface area contributed by atoms with Gasteiger partial charge in [0.05, 0.1) is 37.7 Å². The second-order valence-electron chi connectivity index (χ2n) is 6.13. The molecule has 0 aliphatic heterocycles. The first-order chi connectivity index (χ1) is 13.6. The molecule has 0 fully saturated rings. The number of carbonyl (C=O) groups excluding carboxylic acids is 1. The molecule has 1 heterocycles. The molecule has 0 saturated heterocycles. The van der Waals surface area contributed by atoms with Gasteiger partial charge in [-0.3, -0.25) is 4.98 Å². The molecule has 0 atom stereocenters. The molecule has 1 N–H and O–H groups in total. The molecule has 146 valence electrons. The Bertz CT molecular complexity index is 1000. The van der Waals surface area contributed by atoms with E-state index in [1.165, 1.54) is 0 Å². The quantitative estimate of drug-likeness (QED) is 0.597. The first-order valence-corrected chi connectivity index (χ1v) is 9.19. The van der Waals surface area contributed by atoms with Crippen molar-refractivity contribution < 1.29 is 19.0 Å². The number of nitrogens with zero attached hydrogens (tertiary/aromatic N) is 1. The summed E-state index contributed by atoms with van der Waals surface area (Å²) in [5.74, 6) is 0.861. The number of hydrogen-bond donors (Lipinski definition) is 1. The SMILES string of the molecule is CCOC(=O)c1cnc2c(CC)cccc2c1Nc1ccc(OC)cc1OC. The molecule has 0 spiro atoms. The molecule has 6 heteroatoms. The predicted octanol–water partition coefficient (Wildman–Crippen LogP) is 4.73. The zero-order valence-corrected chi connectivity index (χ0v) is 16.5. The third-order valence-electron chi connectivity index (χ3n) is 4.53. The highest BCUT2D eigenvalue weighted by Crippen LogP contribution is 2.36. The Balaban J connectivity index is 2.19. The lowest BCUT2D eigenvalue weighted by atomic mass is 10.0. The molecule has 0 aliphatic rings. The van der Waals surface area contributed by atoms with Crippen LogP contribution < -0.4 is 14.8 Å². The summed E-state index contributed by atoms with van der Waals surface area (Å²) in [5.41, 5.74) is 3.69. The average Bonchev–Trinajstić information content (AvgIpc) is 2.73. The number of aromatic nitrogens is 1. The summed E-state index contributed by atoms with van der Waals surface area (Å²) in [6, 6.07) is 11.4. The summed E-state index contributed by atoms with van der Waals surface area (Å²) in [6.07, 6.45) is 2.41. The smallest absolute Gasteiger partial charge is 0.341 e. The van der Waals surface area contributed by atoms with Crippen molar-refractivity contribution in [3.8, 4) is 11.5 Å². The van der Waals surface area contributed by atoms with Crippen LogP contribution in [0.3, 0.4) is 0 Å². The topological polar surface area (TPSA) is 69.7 Å². The van der Waals surface area contributed by atoms with Gasteiger partial charge in [0, 0.05) is 17.6 Å². The van der Waals surface area contributed by atoms with Gasteiger partial charge in [-0.25, -0.2) is 4.79 Å². The van der Waals surface area contributed by atoms with Gasteiger partial charge in [0.25, 0.3) is 0 Å². The maximum atomic E-state index is 12.6. The van der Waals surface area contributed by atoms with E-state index >= 15 is 0 Å². The standard InChI is InChI=1S/C22H24N2O4/c1-5-14-8-7-9-16-20(14)23-13-17(22(25)28-6-2)21(16)24-18-11-10-15(26-3)12-19(18)27-4/h7-13H,5-6H2,1-4H3,(H,23,24). The minimum atomic E-state index is -0.422. The molecule has 6 nitrogen and oxygen atoms in total. The number of hydrogen-bond acceptors (Lipinski definition) is 6. The monoisotopic (exact) mass is 380 g/mol. The largest absolute Gasteiger partial charge is 0.497 e. The second kappa shape index (κ2) is 8.61. The van der Waals surface area contributed by atoms with Gasteiger partial charge in [0.1, 0.15) is 17.1 Å². The van der Waals surface area contributed by atoms with Gasteiger partial charge in [-0.05, 0) is 31.0 Å². The van der Waals surface area contributed by atoms with Crippen LogP contribution in [0.4, 0.5) is 11.4 Å². The van der Waals surface area contributed by atoms with E-state index in [-0.39, 0.29) is 6.61 Å². The van der Waals surface area contributed by atoms with Crippen molar-refractivity contribution >= 4 is 28.2 Å². The molecule has 3 aromatic rings. The lowest BCUT2D eigenvalue weighted by Crippen LogP contribution is -2.10. The number of anilines is 2. The van der Waals surface area contributed by atoms with E-state index in [4.69, 9.17) is 14.2 Å². The average molecular weight is 380 g/mol. The molecule has 1 aromatic heterocycles. The van der Waals surface area contributed by atoms with Crippen LogP contribution in [0.5, 0.6) is 11.5 Å². The highest BCUT2D eigenvalue weighted by atomic mass is 16.5. The highest BCUT2D eigenvalue weighted by Gasteiger charge is 2.19. The Morgan fingerprint density at radius 1 is 1.11 bits per heavy atom. The van der Waals surface area contributed by atoms with Gasteiger partial charge in [-0.15, -0.1) is 0 Å². The number of carbonyl (C=O) groups is 1. The van der Waals surface area contributed by atoms with E-state index in [1.54, 1.807) is 33.4 Å². The molecule has 0 bridgehead atoms. The number of ether oxygens (including phenoxy) is 3. The van der Waals surface area contributed by atoms with E-state index in [1.807, 2.05) is 30.3 Å². The van der Waals surface area contributed by atoms with Crippen molar-refractivity contribution in [3.63, 3.8) is 0 Å². The molecule has 28 heavy (non-hydrogen) atoms. The van der Waals surface area contributed by atoms with Crippen molar-refractivity contribution in [2.45, 2.75) is 20.3 Å². The van der Waals surface area contributed by atoms with Crippen LogP contribution in [0.2, 0.25) is 0 Å². The lowest BCUT2D eigenvalue weighted by molar-refractivity contribution is 0.0527. The number of benzene rings is 2. The number of fused-ring (bicyclic) bond motifs is 1. The Morgan fingerprint density at radius 2 is 1.93 bits per heavy atom. The van der Waals surface area contributed by atoms with E-state index in [2.05, 4.69) is 17.2 Å². The normalized spacial score (nSPS) is 10.6. The number of pyridine rings is 1. The van der Waals surface area contributed by atoms with Crippen molar-refractivity contribution in [2.24, 2.45) is 0 Å². The van der Waals surface area contributed by atoms with Gasteiger partial charge in [-0.2, -0.15) is 0 Å². The number of para-hydroxylation sites is 1. The first kappa shape index (κ1) is 19.5. The number of esters is 1. The first-order valence-electron chi connectivity index (χ1n) is 9.19. The summed E-state index contributed by atoms with van der Waals surface area (Å²) in [7, 11) is 3.19. The summed E-state index contributed by atoms with van der Waals surface area (Å²) in [4.78, 5) is 17.1. The highest BCUT2D eigenvalue weighted by molar-refractivity contribution is 6.06. The van der Waals surface area contributed by atoms with Gasteiger partial charge in [-0.1, -0.05) is 25.1 Å². The maximum absolute atomic E-state index is 12.6. The summed E-state index contributed by atoms with van der Waals surface area (Å²) >= 11 is 0. The molecule has 0 aliphatic carbocycles. The summed E-state index contributed by atoms with van der Waals surface area (Å²) in [5, 5.41) is 4.21. The molecule has 2 aromatic carbocycles. The molecular weight excluding hydrogens is 356 g/mol. The number of nitrogens with one attached hydrogen (secondary N) is 1. The van der Waals surface area contributed by atoms with Crippen molar-refractivity contribution in [1.82, 2.24) is 4.98 Å². The van der Waals surface area contributed by atoms with Crippen LogP contribution in [0, 0.1) is 0 Å². The number of aryl methyl sites for hydroxylation is 1. The Hall–Kier alpha value is -3.28. The maximum Gasteiger partial charge on any atom is 0.341 e. The van der Waals surface area contributed by atoms with Crippen LogP contribution in [-0.2, 0) is 11.2 Å². The van der Waals surface area contributed by atoms with Gasteiger partial charge < -0.3 is 19.5 Å². The van der Waals surface area contributed by atoms with Crippen molar-refractivity contribution in [2.75, 3.05) is 26.1 Å². The number of methoxy groups -OCH3 is 2. The summed E-state index contributed by atoms with van der Waals surface area (Å²) < 4.78 is 16.0. The summed E-state index contributed by atoms with van der Waals surface area (Å²) in [6.45, 7) is 4.15. The second-order valence-corrected chi connectivity index (χ2v) is 6.13. The Morgan fingerprint density at radius 3 is 2.61 bits per heavy atom. The number of rotatable bonds is 7. The fourth-order valence-corrected chi connectivity index (χ4v) is 3.10. The molecule has 0 saturated carbocycles. The predicted molar refractivity (Wildman–Crippen MR) is 110 cm³/mol. The third-order valence-corrected chi connectivity index (χ3v) is 4.53. The molecule has 0 unspecified atom stereocenters. The fraction of sp³-hybridized carbons (Fsp3) is 0.273. The van der Waals surface area contributed by atoms with E-state index in [9.17, 15) is 4.79 Å². The van der Waals surface area contributed by atoms with Crippen LogP contribution >= 0.6 is 0 Å². The van der Waals surface area contributed by atoms with E-state index < -0.39 is 5.97 Å². The molecular formula is C22H24N2O4. The van der Waals surface area contributed by atoms with Gasteiger partial charge in [0.15, 0.2) is 0 Å². The van der Waals surface area contributed by atoms with Crippen molar-refractivity contribution in [1.29, 1.82) is 0 Å². The zero-order valence-electron chi connectivity index (χ0n) is 16.5. The van der Waals surface area contributed by atoms with E-state index in [0.29, 0.717) is 28.4 Å².